The Bertz CT molecular complexity index is 102. The number of amides is 1. The first kappa shape index (κ1) is 9.43. The van der Waals surface area contributed by atoms with E-state index in [2.05, 4.69) is 5.32 Å². The maximum Gasteiger partial charge on any atom is 0.222 e. The molecular weight excluding hydrogens is 128 g/mol. The van der Waals surface area contributed by atoms with Crippen LogP contribution >= 0.6 is 0 Å². The van der Waals surface area contributed by atoms with E-state index in [-0.39, 0.29) is 5.91 Å². The van der Waals surface area contributed by atoms with Gasteiger partial charge >= 0.3 is 0 Å². The first-order valence-corrected chi connectivity index (χ1v) is 3.44. The van der Waals surface area contributed by atoms with Gasteiger partial charge < -0.3 is 4.90 Å². The van der Waals surface area contributed by atoms with Crippen LogP contribution in [0.3, 0.4) is 0 Å². The van der Waals surface area contributed by atoms with E-state index in [1.54, 1.807) is 26.0 Å². The molecule has 0 saturated heterocycles. The van der Waals surface area contributed by atoms with Crippen LogP contribution in [-0.4, -0.2) is 38.5 Å². The van der Waals surface area contributed by atoms with Gasteiger partial charge in [0.15, 0.2) is 0 Å². The van der Waals surface area contributed by atoms with Crippen molar-refractivity contribution in [2.45, 2.75) is 12.8 Å². The summed E-state index contributed by atoms with van der Waals surface area (Å²) >= 11 is 0. The van der Waals surface area contributed by atoms with Gasteiger partial charge in [0.05, 0.1) is 0 Å². The molecule has 0 fully saturated rings. The summed E-state index contributed by atoms with van der Waals surface area (Å²) in [6, 6.07) is 0. The van der Waals surface area contributed by atoms with Gasteiger partial charge in [-0.2, -0.15) is 0 Å². The standard InChI is InChI=1S/C7H15N2O/c1-8-6-4-5-7(10)9(2)3/h4-6H2,1-3H3. The number of hydrogen-bond donors (Lipinski definition) is 0. The van der Waals surface area contributed by atoms with Crippen molar-refractivity contribution in [2.24, 2.45) is 0 Å². The fraction of sp³-hybridized carbons (Fsp3) is 0.857. The summed E-state index contributed by atoms with van der Waals surface area (Å²) in [6.45, 7) is 0.791. The van der Waals surface area contributed by atoms with E-state index in [0.29, 0.717) is 6.42 Å². The summed E-state index contributed by atoms with van der Waals surface area (Å²) < 4.78 is 0. The summed E-state index contributed by atoms with van der Waals surface area (Å²) in [5, 5.41) is 3.90. The van der Waals surface area contributed by atoms with Gasteiger partial charge in [0.2, 0.25) is 5.91 Å². The molecule has 0 aliphatic heterocycles. The SMILES string of the molecule is C[N]CCCC(=O)N(C)C. The van der Waals surface area contributed by atoms with Gasteiger partial charge in [-0.25, -0.2) is 5.32 Å². The number of carbonyl (C=O) groups is 1. The molecule has 0 saturated carbocycles. The first-order valence-electron chi connectivity index (χ1n) is 3.44. The van der Waals surface area contributed by atoms with Crippen LogP contribution in [0.2, 0.25) is 0 Å². The van der Waals surface area contributed by atoms with E-state index in [9.17, 15) is 4.79 Å². The molecule has 10 heavy (non-hydrogen) atoms. The Morgan fingerprint density at radius 2 is 2.10 bits per heavy atom. The van der Waals surface area contributed by atoms with Crippen LogP contribution in [0.1, 0.15) is 12.8 Å². The van der Waals surface area contributed by atoms with Gasteiger partial charge in [-0.1, -0.05) is 0 Å². The smallest absolute Gasteiger partial charge is 0.222 e. The van der Waals surface area contributed by atoms with Crippen molar-refractivity contribution in [3.8, 4) is 0 Å². The van der Waals surface area contributed by atoms with Crippen LogP contribution in [-0.2, 0) is 4.79 Å². The Morgan fingerprint density at radius 1 is 1.50 bits per heavy atom. The minimum Gasteiger partial charge on any atom is -0.349 e. The van der Waals surface area contributed by atoms with E-state index < -0.39 is 0 Å². The maximum atomic E-state index is 10.9. The van der Waals surface area contributed by atoms with E-state index in [4.69, 9.17) is 0 Å². The molecule has 3 nitrogen and oxygen atoms in total. The van der Waals surface area contributed by atoms with Crippen LogP contribution in [0.4, 0.5) is 0 Å². The topological polar surface area (TPSA) is 34.4 Å². The van der Waals surface area contributed by atoms with E-state index in [1.165, 1.54) is 0 Å². The molecule has 0 aromatic carbocycles. The summed E-state index contributed by atoms with van der Waals surface area (Å²) in [6.07, 6.45) is 1.48. The lowest BCUT2D eigenvalue weighted by Gasteiger charge is -2.08. The van der Waals surface area contributed by atoms with Crippen molar-refractivity contribution in [3.63, 3.8) is 0 Å². The highest BCUT2D eigenvalue weighted by Gasteiger charge is 2.01. The monoisotopic (exact) mass is 143 g/mol. The Kier molecular flexibility index (Phi) is 4.94. The lowest BCUT2D eigenvalue weighted by molar-refractivity contribution is -0.128. The highest BCUT2D eigenvalue weighted by Crippen LogP contribution is 1.91. The second kappa shape index (κ2) is 5.23. The van der Waals surface area contributed by atoms with Crippen LogP contribution < -0.4 is 5.32 Å². The van der Waals surface area contributed by atoms with Crippen LogP contribution in [0.5, 0.6) is 0 Å². The molecule has 0 unspecified atom stereocenters. The van der Waals surface area contributed by atoms with Gasteiger partial charge in [0.1, 0.15) is 0 Å². The minimum atomic E-state index is 0.184. The maximum absolute atomic E-state index is 10.9. The molecule has 0 aliphatic carbocycles. The van der Waals surface area contributed by atoms with Gasteiger partial charge in [0, 0.05) is 34.1 Å². The van der Waals surface area contributed by atoms with Crippen LogP contribution in [0, 0.1) is 0 Å². The molecule has 0 atom stereocenters. The third-order valence-electron chi connectivity index (χ3n) is 1.27. The molecule has 1 amide bonds. The normalized spacial score (nSPS) is 9.50. The van der Waals surface area contributed by atoms with E-state index >= 15 is 0 Å². The number of nitrogens with zero attached hydrogens (tertiary/aromatic N) is 2. The number of carbonyl (C=O) groups excluding carboxylic acids is 1. The third-order valence-corrected chi connectivity index (χ3v) is 1.27. The van der Waals surface area contributed by atoms with Crippen molar-refractivity contribution in [3.05, 3.63) is 0 Å². The van der Waals surface area contributed by atoms with Crippen molar-refractivity contribution in [2.75, 3.05) is 27.7 Å². The fourth-order valence-corrected chi connectivity index (χ4v) is 0.612. The van der Waals surface area contributed by atoms with E-state index in [0.717, 1.165) is 13.0 Å². The second-order valence-electron chi connectivity index (χ2n) is 2.43. The van der Waals surface area contributed by atoms with Crippen molar-refractivity contribution >= 4 is 5.91 Å². The molecule has 3 heteroatoms. The Labute approximate surface area is 62.4 Å². The van der Waals surface area contributed by atoms with Crippen molar-refractivity contribution < 1.29 is 4.79 Å². The average molecular weight is 143 g/mol. The molecule has 59 valence electrons. The average Bonchev–Trinajstić information content (AvgIpc) is 1.88. The van der Waals surface area contributed by atoms with Crippen molar-refractivity contribution in [1.82, 2.24) is 10.2 Å². The summed E-state index contributed by atoms with van der Waals surface area (Å²) in [7, 11) is 5.30. The molecule has 0 rings (SSSR count). The lowest BCUT2D eigenvalue weighted by Crippen LogP contribution is -2.21. The number of rotatable bonds is 4. The molecule has 0 aromatic rings. The Hall–Kier alpha value is -0.570. The highest BCUT2D eigenvalue weighted by atomic mass is 16.2. The highest BCUT2D eigenvalue weighted by molar-refractivity contribution is 5.75. The number of hydrogen-bond acceptors (Lipinski definition) is 1. The molecule has 0 spiro atoms. The minimum absolute atomic E-state index is 0.184. The van der Waals surface area contributed by atoms with Crippen LogP contribution in [0.25, 0.3) is 0 Å². The zero-order chi connectivity index (χ0) is 7.98. The summed E-state index contributed by atoms with van der Waals surface area (Å²) in [5.74, 6) is 0.184. The molecule has 0 aliphatic rings. The molecule has 0 heterocycles. The zero-order valence-electron chi connectivity index (χ0n) is 6.92. The largest absolute Gasteiger partial charge is 0.349 e. The van der Waals surface area contributed by atoms with E-state index in [1.807, 2.05) is 0 Å². The second-order valence-corrected chi connectivity index (χ2v) is 2.43. The lowest BCUT2D eigenvalue weighted by atomic mass is 10.3. The zero-order valence-corrected chi connectivity index (χ0v) is 6.92. The Morgan fingerprint density at radius 3 is 2.50 bits per heavy atom. The summed E-state index contributed by atoms with van der Waals surface area (Å²) in [5.41, 5.74) is 0. The van der Waals surface area contributed by atoms with Gasteiger partial charge in [0.25, 0.3) is 0 Å². The molecular formula is C7H15N2O. The quantitative estimate of drug-likeness (QED) is 0.513. The third kappa shape index (κ3) is 4.32. The fourth-order valence-electron chi connectivity index (χ4n) is 0.612. The van der Waals surface area contributed by atoms with Gasteiger partial charge in [-0.3, -0.25) is 4.79 Å². The molecule has 1 radical (unpaired) electrons. The Balaban J connectivity index is 3.22. The van der Waals surface area contributed by atoms with Gasteiger partial charge in [-0.15, -0.1) is 0 Å². The first-order chi connectivity index (χ1) is 4.68. The predicted molar refractivity (Wildman–Crippen MR) is 40.9 cm³/mol. The molecule has 0 bridgehead atoms. The molecule has 0 N–H and O–H groups in total. The van der Waals surface area contributed by atoms with Crippen LogP contribution in [0.15, 0.2) is 0 Å². The predicted octanol–water partition coefficient (Wildman–Crippen LogP) is 0.0890. The van der Waals surface area contributed by atoms with Gasteiger partial charge in [-0.05, 0) is 6.42 Å². The van der Waals surface area contributed by atoms with Crippen molar-refractivity contribution in [1.29, 1.82) is 0 Å². The molecule has 0 aromatic heterocycles. The summed E-state index contributed by atoms with van der Waals surface area (Å²) in [4.78, 5) is 12.5.